The molecular formula is C12H15ClFNO. The van der Waals surface area contributed by atoms with Gasteiger partial charge in [0.1, 0.15) is 5.02 Å². The molecule has 0 radical (unpaired) electrons. The van der Waals surface area contributed by atoms with Crippen molar-refractivity contribution in [2.24, 2.45) is 5.92 Å². The van der Waals surface area contributed by atoms with Crippen LogP contribution < -0.4 is 0 Å². The monoisotopic (exact) mass is 243 g/mol. The zero-order valence-corrected chi connectivity index (χ0v) is 9.75. The first-order valence-corrected chi connectivity index (χ1v) is 6.06. The first-order chi connectivity index (χ1) is 7.70. The highest BCUT2D eigenvalue weighted by Crippen LogP contribution is 2.37. The molecule has 1 aromatic rings. The minimum Gasteiger partial charge on any atom is -0.388 e. The van der Waals surface area contributed by atoms with E-state index in [1.54, 1.807) is 6.07 Å². The number of hydrogen-bond donors (Lipinski definition) is 1. The number of aromatic nitrogens is 1. The molecule has 1 atom stereocenters. The van der Waals surface area contributed by atoms with Crippen molar-refractivity contribution in [2.45, 2.75) is 38.2 Å². The topological polar surface area (TPSA) is 33.1 Å². The van der Waals surface area contributed by atoms with Crippen molar-refractivity contribution in [3.8, 4) is 0 Å². The number of pyridine rings is 1. The van der Waals surface area contributed by atoms with Crippen molar-refractivity contribution >= 4 is 11.6 Å². The van der Waals surface area contributed by atoms with Crippen LogP contribution in [0.25, 0.3) is 0 Å². The molecule has 0 amide bonds. The average molecular weight is 244 g/mol. The van der Waals surface area contributed by atoms with Crippen LogP contribution in [0.5, 0.6) is 0 Å². The second-order valence-electron chi connectivity index (χ2n) is 4.35. The van der Waals surface area contributed by atoms with Crippen LogP contribution in [0.1, 0.15) is 43.8 Å². The van der Waals surface area contributed by atoms with E-state index in [0.717, 1.165) is 25.7 Å². The highest BCUT2D eigenvalue weighted by molar-refractivity contribution is 6.31. The molecule has 1 N–H and O–H groups in total. The summed E-state index contributed by atoms with van der Waals surface area (Å²) in [4.78, 5) is 3.46. The average Bonchev–Trinajstić information content (AvgIpc) is 2.33. The van der Waals surface area contributed by atoms with Crippen LogP contribution in [0.4, 0.5) is 4.39 Å². The summed E-state index contributed by atoms with van der Waals surface area (Å²) in [6.45, 7) is 0. The van der Waals surface area contributed by atoms with Crippen LogP contribution in [0.15, 0.2) is 12.3 Å². The van der Waals surface area contributed by atoms with Gasteiger partial charge in [0.2, 0.25) is 5.95 Å². The third kappa shape index (κ3) is 2.36. The summed E-state index contributed by atoms with van der Waals surface area (Å²) in [5, 5.41) is 10.1. The highest BCUT2D eigenvalue weighted by Gasteiger charge is 2.25. The van der Waals surface area contributed by atoms with E-state index in [1.807, 2.05) is 0 Å². The quantitative estimate of drug-likeness (QED) is 0.807. The Morgan fingerprint density at radius 3 is 2.75 bits per heavy atom. The number of aliphatic hydroxyl groups excluding tert-OH is 1. The molecule has 4 heteroatoms. The number of hydrogen-bond acceptors (Lipinski definition) is 2. The van der Waals surface area contributed by atoms with Crippen LogP contribution in [-0.2, 0) is 0 Å². The zero-order valence-electron chi connectivity index (χ0n) is 9.00. The Bertz CT molecular complexity index is 366. The third-order valence-corrected chi connectivity index (χ3v) is 3.67. The zero-order chi connectivity index (χ0) is 11.5. The Morgan fingerprint density at radius 2 is 2.06 bits per heavy atom. The molecule has 0 aliphatic heterocycles. The Labute approximate surface area is 99.5 Å². The summed E-state index contributed by atoms with van der Waals surface area (Å²) in [5.41, 5.74) is 0.473. The normalized spacial score (nSPS) is 19.7. The molecule has 1 fully saturated rings. The van der Waals surface area contributed by atoms with Crippen molar-refractivity contribution in [3.05, 3.63) is 28.8 Å². The lowest BCUT2D eigenvalue weighted by molar-refractivity contribution is 0.0845. The van der Waals surface area contributed by atoms with Gasteiger partial charge in [0.25, 0.3) is 0 Å². The maximum absolute atomic E-state index is 13.2. The standard InChI is InChI=1S/C12H15ClFNO/c13-10-9(6-7-15-12(10)14)11(16)8-4-2-1-3-5-8/h6-8,11,16H,1-5H2. The lowest BCUT2D eigenvalue weighted by Gasteiger charge is -2.27. The van der Waals surface area contributed by atoms with Crippen LogP contribution in [0.3, 0.4) is 0 Å². The molecule has 2 nitrogen and oxygen atoms in total. The number of aliphatic hydroxyl groups is 1. The molecule has 2 rings (SSSR count). The molecule has 1 aliphatic carbocycles. The summed E-state index contributed by atoms with van der Waals surface area (Å²) >= 11 is 5.81. The van der Waals surface area contributed by atoms with Crippen LogP contribution in [0.2, 0.25) is 5.02 Å². The van der Waals surface area contributed by atoms with Gasteiger partial charge in [-0.3, -0.25) is 0 Å². The second-order valence-corrected chi connectivity index (χ2v) is 4.73. The van der Waals surface area contributed by atoms with Crippen molar-refractivity contribution < 1.29 is 9.50 Å². The fourth-order valence-electron chi connectivity index (χ4n) is 2.36. The third-order valence-electron chi connectivity index (χ3n) is 3.29. The summed E-state index contributed by atoms with van der Waals surface area (Å²) < 4.78 is 13.2. The van der Waals surface area contributed by atoms with Crippen molar-refractivity contribution in [2.75, 3.05) is 0 Å². The maximum Gasteiger partial charge on any atom is 0.231 e. The summed E-state index contributed by atoms with van der Waals surface area (Å²) in [7, 11) is 0. The van der Waals surface area contributed by atoms with E-state index in [-0.39, 0.29) is 10.9 Å². The molecule has 1 saturated carbocycles. The van der Waals surface area contributed by atoms with Crippen molar-refractivity contribution in [1.29, 1.82) is 0 Å². The summed E-state index contributed by atoms with van der Waals surface area (Å²) in [5.74, 6) is -0.498. The van der Waals surface area contributed by atoms with E-state index in [0.29, 0.717) is 5.56 Å². The molecule has 0 bridgehead atoms. The van der Waals surface area contributed by atoms with Gasteiger partial charge >= 0.3 is 0 Å². The van der Waals surface area contributed by atoms with Gasteiger partial charge in [0.05, 0.1) is 6.10 Å². The molecule has 0 saturated heterocycles. The molecule has 88 valence electrons. The molecule has 1 aromatic heterocycles. The molecule has 0 spiro atoms. The second kappa shape index (κ2) is 5.11. The lowest BCUT2D eigenvalue weighted by Crippen LogP contribution is -2.16. The molecular weight excluding hydrogens is 229 g/mol. The van der Waals surface area contributed by atoms with Gasteiger partial charge in [-0.1, -0.05) is 30.9 Å². The van der Waals surface area contributed by atoms with Crippen molar-refractivity contribution in [1.82, 2.24) is 4.98 Å². The van der Waals surface area contributed by atoms with Crippen molar-refractivity contribution in [3.63, 3.8) is 0 Å². The first-order valence-electron chi connectivity index (χ1n) is 5.68. The van der Waals surface area contributed by atoms with E-state index in [2.05, 4.69) is 4.98 Å². The van der Waals surface area contributed by atoms with E-state index in [9.17, 15) is 9.50 Å². The van der Waals surface area contributed by atoms with Gasteiger partial charge in [0, 0.05) is 11.8 Å². The smallest absolute Gasteiger partial charge is 0.231 e. The van der Waals surface area contributed by atoms with Crippen LogP contribution in [-0.4, -0.2) is 10.1 Å². The van der Waals surface area contributed by atoms with E-state index in [1.165, 1.54) is 12.6 Å². The molecule has 1 unspecified atom stereocenters. The molecule has 0 aromatic carbocycles. The minimum atomic E-state index is -0.700. The van der Waals surface area contributed by atoms with Crippen LogP contribution >= 0.6 is 11.6 Å². The fraction of sp³-hybridized carbons (Fsp3) is 0.583. The Kier molecular flexibility index (Phi) is 3.77. The number of nitrogens with zero attached hydrogens (tertiary/aromatic N) is 1. The predicted octanol–water partition coefficient (Wildman–Crippen LogP) is 3.49. The minimum absolute atomic E-state index is 0.0411. The number of halogens is 2. The predicted molar refractivity (Wildman–Crippen MR) is 60.7 cm³/mol. The maximum atomic E-state index is 13.2. The first kappa shape index (κ1) is 11.8. The van der Waals surface area contributed by atoms with E-state index < -0.39 is 12.1 Å². The Hall–Kier alpha value is -0.670. The van der Waals surface area contributed by atoms with Crippen LogP contribution in [0, 0.1) is 11.9 Å². The highest BCUT2D eigenvalue weighted by atomic mass is 35.5. The SMILES string of the molecule is OC(c1ccnc(F)c1Cl)C1CCCCC1. The van der Waals surface area contributed by atoms with Gasteiger partial charge in [0.15, 0.2) is 0 Å². The van der Waals surface area contributed by atoms with Gasteiger partial charge in [-0.15, -0.1) is 0 Å². The molecule has 16 heavy (non-hydrogen) atoms. The van der Waals surface area contributed by atoms with Gasteiger partial charge in [-0.05, 0) is 24.8 Å². The Morgan fingerprint density at radius 1 is 1.38 bits per heavy atom. The molecule has 1 aliphatic rings. The van der Waals surface area contributed by atoms with Gasteiger partial charge in [-0.25, -0.2) is 4.98 Å². The Balaban J connectivity index is 2.19. The summed E-state index contributed by atoms with van der Waals surface area (Å²) in [6, 6.07) is 1.60. The largest absolute Gasteiger partial charge is 0.388 e. The van der Waals surface area contributed by atoms with Gasteiger partial charge in [-0.2, -0.15) is 4.39 Å². The fourth-order valence-corrected chi connectivity index (χ4v) is 2.59. The van der Waals surface area contributed by atoms with E-state index in [4.69, 9.17) is 11.6 Å². The molecule has 1 heterocycles. The number of rotatable bonds is 2. The van der Waals surface area contributed by atoms with Gasteiger partial charge < -0.3 is 5.11 Å². The van der Waals surface area contributed by atoms with E-state index >= 15 is 0 Å². The lowest BCUT2D eigenvalue weighted by atomic mass is 9.83. The summed E-state index contributed by atoms with van der Waals surface area (Å²) in [6.07, 6.45) is 6.15.